The second-order valence-electron chi connectivity index (χ2n) is 11.0. The van der Waals surface area contributed by atoms with E-state index >= 15 is 0 Å². The Balaban J connectivity index is 1.69. The molecule has 5 rings (SSSR count). The number of primary amides is 1. The van der Waals surface area contributed by atoms with Crippen LogP contribution in [0.25, 0.3) is 5.76 Å². The van der Waals surface area contributed by atoms with E-state index in [1.165, 1.54) is 6.07 Å². The third kappa shape index (κ3) is 3.62. The van der Waals surface area contributed by atoms with Gasteiger partial charge in [-0.2, -0.15) is 0 Å². The molecule has 9 heteroatoms. The van der Waals surface area contributed by atoms with Crippen molar-refractivity contribution in [1.82, 2.24) is 0 Å². The summed E-state index contributed by atoms with van der Waals surface area (Å²) in [5, 5.41) is 44.5. The standard InChI is InChI=1S/C28H31NO8/c1-12-15-7-4-8-18(31)21(15)24(33)23-20(12)16(10-14(30)9-13-5-2-3-6-13)17-11-19(32)22(27(29)36)25(34)28(17,37)26(23)35/h4,7-8,12-13,16-17,20,31,33-34,37H,2-3,5-6,9-11H2,1H3,(H2,29,36)/t12-,16+,17+,20-,28+/m0/s1. The summed E-state index contributed by atoms with van der Waals surface area (Å²) < 4.78 is 0. The number of phenolic OH excluding ortho intramolecular Hbond substituents is 1. The number of aliphatic hydroxyl groups excluding tert-OH is 2. The SMILES string of the molecule is C[C@H]1c2cccc(O)c2C(O)=C2C(=O)[C@]3(O)C(O)=C(C(N)=O)C(=O)C[C@@H]3[C@@H](CC(=O)CC3CCCC3)[C@@H]21. The zero-order valence-electron chi connectivity index (χ0n) is 20.6. The van der Waals surface area contributed by atoms with E-state index in [4.69, 9.17) is 5.73 Å². The van der Waals surface area contributed by atoms with Crippen LogP contribution in [0.2, 0.25) is 0 Å². The Bertz CT molecular complexity index is 1290. The molecule has 0 bridgehead atoms. The molecular weight excluding hydrogens is 478 g/mol. The minimum absolute atomic E-state index is 0.0400. The largest absolute Gasteiger partial charge is 0.508 e. The Kier molecular flexibility index (Phi) is 6.02. The lowest BCUT2D eigenvalue weighted by molar-refractivity contribution is -0.155. The van der Waals surface area contributed by atoms with Crippen molar-refractivity contribution in [3.8, 4) is 5.75 Å². The minimum atomic E-state index is -2.72. The van der Waals surface area contributed by atoms with E-state index in [2.05, 4.69) is 0 Å². The molecule has 4 aliphatic rings. The summed E-state index contributed by atoms with van der Waals surface area (Å²) in [6.45, 7) is 1.80. The molecule has 9 nitrogen and oxygen atoms in total. The molecule has 0 aliphatic heterocycles. The molecule has 0 heterocycles. The number of hydrogen-bond donors (Lipinski definition) is 5. The lowest BCUT2D eigenvalue weighted by Crippen LogP contribution is -2.62. The molecule has 0 aromatic heterocycles. The predicted octanol–water partition coefficient (Wildman–Crippen LogP) is 2.75. The summed E-state index contributed by atoms with van der Waals surface area (Å²) in [7, 11) is 0. The van der Waals surface area contributed by atoms with Crippen LogP contribution in [0.5, 0.6) is 5.75 Å². The van der Waals surface area contributed by atoms with Crippen LogP contribution in [0.15, 0.2) is 35.1 Å². The minimum Gasteiger partial charge on any atom is -0.508 e. The number of carbonyl (C=O) groups excluding carboxylic acids is 4. The van der Waals surface area contributed by atoms with E-state index in [0.29, 0.717) is 12.0 Å². The molecule has 2 fully saturated rings. The first-order chi connectivity index (χ1) is 17.5. The molecule has 2 saturated carbocycles. The molecule has 1 aromatic carbocycles. The number of ketones is 3. The highest BCUT2D eigenvalue weighted by Gasteiger charge is 2.65. The molecule has 0 saturated heterocycles. The quantitative estimate of drug-likeness (QED) is 0.376. The number of carbonyl (C=O) groups is 4. The van der Waals surface area contributed by atoms with Gasteiger partial charge in [-0.25, -0.2) is 0 Å². The third-order valence-corrected chi connectivity index (χ3v) is 9.02. The van der Waals surface area contributed by atoms with Crippen LogP contribution >= 0.6 is 0 Å². The van der Waals surface area contributed by atoms with Crippen molar-refractivity contribution in [3.63, 3.8) is 0 Å². The molecule has 0 unspecified atom stereocenters. The number of benzene rings is 1. The average Bonchev–Trinajstić information content (AvgIpc) is 3.34. The van der Waals surface area contributed by atoms with Crippen molar-refractivity contribution in [3.05, 3.63) is 46.2 Å². The molecule has 0 spiro atoms. The van der Waals surface area contributed by atoms with E-state index in [9.17, 15) is 39.6 Å². The van der Waals surface area contributed by atoms with Gasteiger partial charge in [0.2, 0.25) is 5.78 Å². The van der Waals surface area contributed by atoms with Crippen LogP contribution in [0.4, 0.5) is 0 Å². The van der Waals surface area contributed by atoms with Crippen LogP contribution in [-0.2, 0) is 19.2 Å². The molecule has 1 aromatic rings. The topological polar surface area (TPSA) is 175 Å². The molecule has 5 atom stereocenters. The summed E-state index contributed by atoms with van der Waals surface area (Å²) in [5.41, 5.74) is 2.09. The Morgan fingerprint density at radius 1 is 1.08 bits per heavy atom. The summed E-state index contributed by atoms with van der Waals surface area (Å²) in [6.07, 6.45) is 3.81. The molecule has 0 radical (unpaired) electrons. The van der Waals surface area contributed by atoms with Crippen molar-refractivity contribution < 1.29 is 39.6 Å². The van der Waals surface area contributed by atoms with E-state index < -0.39 is 70.3 Å². The first-order valence-corrected chi connectivity index (χ1v) is 12.8. The number of amides is 1. The van der Waals surface area contributed by atoms with Gasteiger partial charge >= 0.3 is 0 Å². The maximum atomic E-state index is 13.9. The van der Waals surface area contributed by atoms with Crippen LogP contribution < -0.4 is 5.73 Å². The zero-order valence-corrected chi connectivity index (χ0v) is 20.6. The lowest BCUT2D eigenvalue weighted by atomic mass is 9.51. The van der Waals surface area contributed by atoms with E-state index in [0.717, 1.165) is 25.7 Å². The first kappa shape index (κ1) is 25.2. The average molecular weight is 510 g/mol. The van der Waals surface area contributed by atoms with Gasteiger partial charge < -0.3 is 26.2 Å². The number of aliphatic hydroxyl groups is 3. The summed E-state index contributed by atoms with van der Waals surface area (Å²) in [4.78, 5) is 52.1. The number of Topliss-reactive ketones (excluding diaryl/α,β-unsaturated/α-hetero) is 3. The highest BCUT2D eigenvalue weighted by atomic mass is 16.3. The van der Waals surface area contributed by atoms with Crippen molar-refractivity contribution in [1.29, 1.82) is 0 Å². The maximum Gasteiger partial charge on any atom is 0.255 e. The van der Waals surface area contributed by atoms with Crippen molar-refractivity contribution >= 4 is 29.0 Å². The number of rotatable bonds is 5. The van der Waals surface area contributed by atoms with Crippen molar-refractivity contribution in [2.75, 3.05) is 0 Å². The highest BCUT2D eigenvalue weighted by molar-refractivity contribution is 6.23. The van der Waals surface area contributed by atoms with Crippen LogP contribution in [-0.4, -0.2) is 49.3 Å². The Morgan fingerprint density at radius 2 is 1.76 bits per heavy atom. The van der Waals surface area contributed by atoms with Gasteiger partial charge in [-0.1, -0.05) is 44.7 Å². The van der Waals surface area contributed by atoms with Gasteiger partial charge in [-0.3, -0.25) is 19.2 Å². The Labute approximate surface area is 213 Å². The van der Waals surface area contributed by atoms with E-state index in [1.54, 1.807) is 19.1 Å². The first-order valence-electron chi connectivity index (χ1n) is 12.8. The lowest BCUT2D eigenvalue weighted by Gasteiger charge is -2.52. The van der Waals surface area contributed by atoms with Crippen LogP contribution in [0.3, 0.4) is 0 Å². The van der Waals surface area contributed by atoms with Gasteiger partial charge in [0.25, 0.3) is 5.91 Å². The van der Waals surface area contributed by atoms with Gasteiger partial charge in [0, 0.05) is 36.7 Å². The summed E-state index contributed by atoms with van der Waals surface area (Å²) in [5.74, 6) is -8.19. The highest BCUT2D eigenvalue weighted by Crippen LogP contribution is 2.58. The summed E-state index contributed by atoms with van der Waals surface area (Å²) in [6, 6.07) is 4.68. The summed E-state index contributed by atoms with van der Waals surface area (Å²) >= 11 is 0. The number of nitrogens with two attached hydrogens (primary N) is 1. The Hall–Kier alpha value is -3.46. The fourth-order valence-electron chi connectivity index (χ4n) is 7.32. The van der Waals surface area contributed by atoms with E-state index in [1.807, 2.05) is 0 Å². The molecule has 6 N–H and O–H groups in total. The third-order valence-electron chi connectivity index (χ3n) is 9.02. The van der Waals surface area contributed by atoms with Gasteiger partial charge in [-0.05, 0) is 29.4 Å². The number of hydrogen-bond acceptors (Lipinski definition) is 8. The second-order valence-corrected chi connectivity index (χ2v) is 11.0. The van der Waals surface area contributed by atoms with E-state index in [-0.39, 0.29) is 35.0 Å². The van der Waals surface area contributed by atoms with Gasteiger partial charge in [0.15, 0.2) is 11.4 Å². The molecule has 4 aliphatic carbocycles. The Morgan fingerprint density at radius 3 is 2.41 bits per heavy atom. The van der Waals surface area contributed by atoms with Gasteiger partial charge in [0.1, 0.15) is 28.6 Å². The zero-order chi connectivity index (χ0) is 26.8. The van der Waals surface area contributed by atoms with Crippen LogP contribution in [0, 0.1) is 23.7 Å². The second kappa shape index (κ2) is 8.83. The monoisotopic (exact) mass is 509 g/mol. The van der Waals surface area contributed by atoms with Gasteiger partial charge in [-0.15, -0.1) is 0 Å². The maximum absolute atomic E-state index is 13.9. The predicted molar refractivity (Wildman–Crippen MR) is 131 cm³/mol. The number of fused-ring (bicyclic) bond motifs is 3. The fraction of sp³-hybridized carbons (Fsp3) is 0.500. The molecule has 196 valence electrons. The van der Waals surface area contributed by atoms with Crippen molar-refractivity contribution in [2.45, 2.75) is 63.4 Å². The molecular formula is C28H31NO8. The normalized spacial score (nSPS) is 31.7. The molecule has 1 amide bonds. The smallest absolute Gasteiger partial charge is 0.255 e. The number of phenols is 1. The fourth-order valence-corrected chi connectivity index (χ4v) is 7.32. The van der Waals surface area contributed by atoms with Crippen LogP contribution in [0.1, 0.15) is 68.9 Å². The number of aromatic hydroxyl groups is 1. The molecule has 37 heavy (non-hydrogen) atoms. The van der Waals surface area contributed by atoms with Gasteiger partial charge in [0.05, 0.1) is 5.56 Å². The van der Waals surface area contributed by atoms with Crippen molar-refractivity contribution in [2.24, 2.45) is 29.4 Å².